The number of anilines is 1. The largest absolute Gasteiger partial charge is 0.497 e. The summed E-state index contributed by atoms with van der Waals surface area (Å²) in [5, 5.41) is 3.04. The molecular weight excluding hydrogens is 613 g/mol. The number of carbonyl (C=O) groups excluding carboxylic acids is 2. The Kier molecular flexibility index (Phi) is 10.0. The number of hydrogen-bond acceptors (Lipinski definition) is 5. The van der Waals surface area contributed by atoms with Crippen LogP contribution in [0.25, 0.3) is 0 Å². The van der Waals surface area contributed by atoms with Gasteiger partial charge in [0.2, 0.25) is 11.8 Å². The summed E-state index contributed by atoms with van der Waals surface area (Å²) in [5.74, 6) is -0.960. The molecule has 218 valence electrons. The zero-order chi connectivity index (χ0) is 29.6. The highest BCUT2D eigenvalue weighted by Gasteiger charge is 2.33. The molecule has 1 atom stereocenters. The standard InChI is InChI=1S/C30H33BrFN3O5S/c1-21(30(37)33-25-8-3-4-9-25)34(19-22-6-5-7-23(31)18-22)29(36)20-35(26-12-10-24(32)11-13-26)41(38,39)28-16-14-27(40-2)15-17-28/h5-7,10-18,21,25H,3-4,8-9,19-20H2,1-2H3,(H,33,37)/t21-/m0/s1. The predicted octanol–water partition coefficient (Wildman–Crippen LogP) is 5.27. The summed E-state index contributed by atoms with van der Waals surface area (Å²) in [6.07, 6.45) is 3.85. The van der Waals surface area contributed by atoms with Gasteiger partial charge in [-0.05, 0) is 86.0 Å². The minimum absolute atomic E-state index is 0.0546. The first-order valence-corrected chi connectivity index (χ1v) is 15.6. The van der Waals surface area contributed by atoms with Crippen LogP contribution < -0.4 is 14.4 Å². The third-order valence-electron chi connectivity index (χ3n) is 7.15. The predicted molar refractivity (Wildman–Crippen MR) is 158 cm³/mol. The molecule has 8 nitrogen and oxygen atoms in total. The molecule has 11 heteroatoms. The smallest absolute Gasteiger partial charge is 0.264 e. The van der Waals surface area contributed by atoms with E-state index in [1.807, 2.05) is 24.3 Å². The van der Waals surface area contributed by atoms with Crippen molar-refractivity contribution < 1.29 is 27.1 Å². The van der Waals surface area contributed by atoms with Crippen molar-refractivity contribution in [3.05, 3.63) is 88.6 Å². The summed E-state index contributed by atoms with van der Waals surface area (Å²) in [6, 6.07) is 17.2. The summed E-state index contributed by atoms with van der Waals surface area (Å²) in [4.78, 5) is 28.6. The number of sulfonamides is 1. The molecule has 1 saturated carbocycles. The van der Waals surface area contributed by atoms with Gasteiger partial charge in [0.1, 0.15) is 24.2 Å². The van der Waals surface area contributed by atoms with Gasteiger partial charge in [0.25, 0.3) is 10.0 Å². The third-order valence-corrected chi connectivity index (χ3v) is 9.43. The first-order chi connectivity index (χ1) is 19.6. The molecule has 0 saturated heterocycles. The fraction of sp³-hybridized carbons (Fsp3) is 0.333. The minimum Gasteiger partial charge on any atom is -0.497 e. The quantitative estimate of drug-likeness (QED) is 0.307. The Morgan fingerprint density at radius 3 is 2.32 bits per heavy atom. The lowest BCUT2D eigenvalue weighted by atomic mass is 10.1. The Morgan fingerprint density at radius 2 is 1.71 bits per heavy atom. The van der Waals surface area contributed by atoms with Crippen molar-refractivity contribution in [2.24, 2.45) is 0 Å². The van der Waals surface area contributed by atoms with Gasteiger partial charge in [0.05, 0.1) is 17.7 Å². The van der Waals surface area contributed by atoms with Gasteiger partial charge in [-0.2, -0.15) is 0 Å². The number of benzene rings is 3. The van der Waals surface area contributed by atoms with Gasteiger partial charge in [-0.25, -0.2) is 12.8 Å². The molecule has 0 bridgehead atoms. The van der Waals surface area contributed by atoms with E-state index in [2.05, 4.69) is 21.2 Å². The summed E-state index contributed by atoms with van der Waals surface area (Å²) >= 11 is 3.44. The van der Waals surface area contributed by atoms with Crippen LogP contribution in [0.1, 0.15) is 38.2 Å². The number of methoxy groups -OCH3 is 1. The van der Waals surface area contributed by atoms with Crippen molar-refractivity contribution >= 4 is 43.5 Å². The molecule has 3 aromatic carbocycles. The lowest BCUT2D eigenvalue weighted by Crippen LogP contribution is -2.52. The second-order valence-corrected chi connectivity index (χ2v) is 12.8. The molecule has 0 aliphatic heterocycles. The van der Waals surface area contributed by atoms with Crippen LogP contribution in [0.3, 0.4) is 0 Å². The van der Waals surface area contributed by atoms with Crippen molar-refractivity contribution in [3.8, 4) is 5.75 Å². The topological polar surface area (TPSA) is 96.0 Å². The molecule has 0 spiro atoms. The Balaban J connectivity index is 1.68. The number of nitrogens with zero attached hydrogens (tertiary/aromatic N) is 2. The van der Waals surface area contributed by atoms with Crippen LogP contribution in [0.15, 0.2) is 82.2 Å². The summed E-state index contributed by atoms with van der Waals surface area (Å²) < 4.78 is 48.4. The van der Waals surface area contributed by atoms with E-state index in [4.69, 9.17) is 4.74 Å². The molecule has 2 amide bonds. The lowest BCUT2D eigenvalue weighted by molar-refractivity contribution is -0.139. The second-order valence-electron chi connectivity index (χ2n) is 9.98. The third kappa shape index (κ3) is 7.65. The van der Waals surface area contributed by atoms with E-state index in [0.717, 1.165) is 52.2 Å². The number of ether oxygens (including phenoxy) is 1. The normalized spacial score (nSPS) is 14.3. The van der Waals surface area contributed by atoms with E-state index in [1.165, 1.54) is 48.4 Å². The molecule has 1 fully saturated rings. The molecule has 4 rings (SSSR count). The van der Waals surface area contributed by atoms with Crippen molar-refractivity contribution in [2.45, 2.75) is 56.1 Å². The van der Waals surface area contributed by atoms with Crippen LogP contribution in [-0.2, 0) is 26.2 Å². The molecule has 41 heavy (non-hydrogen) atoms. The number of nitrogens with one attached hydrogen (secondary N) is 1. The van der Waals surface area contributed by atoms with Crippen molar-refractivity contribution in [2.75, 3.05) is 18.0 Å². The second kappa shape index (κ2) is 13.5. The van der Waals surface area contributed by atoms with Gasteiger partial charge in [0, 0.05) is 17.1 Å². The van der Waals surface area contributed by atoms with E-state index in [9.17, 15) is 22.4 Å². The zero-order valence-electron chi connectivity index (χ0n) is 22.9. The van der Waals surface area contributed by atoms with E-state index in [-0.39, 0.29) is 29.1 Å². The van der Waals surface area contributed by atoms with E-state index < -0.39 is 34.3 Å². The van der Waals surface area contributed by atoms with E-state index in [1.54, 1.807) is 6.92 Å². The maximum Gasteiger partial charge on any atom is 0.264 e. The average Bonchev–Trinajstić information content (AvgIpc) is 3.48. The number of amides is 2. The van der Waals surface area contributed by atoms with Gasteiger partial charge in [-0.3, -0.25) is 13.9 Å². The Morgan fingerprint density at radius 1 is 1.05 bits per heavy atom. The van der Waals surface area contributed by atoms with Gasteiger partial charge in [0.15, 0.2) is 0 Å². The van der Waals surface area contributed by atoms with Crippen LogP contribution in [-0.4, -0.2) is 50.9 Å². The molecule has 0 unspecified atom stereocenters. The van der Waals surface area contributed by atoms with Gasteiger partial charge in [-0.1, -0.05) is 40.9 Å². The highest BCUT2D eigenvalue weighted by molar-refractivity contribution is 9.10. The maximum atomic E-state index is 14.0. The maximum absolute atomic E-state index is 14.0. The number of rotatable bonds is 11. The van der Waals surface area contributed by atoms with Crippen molar-refractivity contribution in [1.29, 1.82) is 0 Å². The molecule has 0 heterocycles. The molecule has 0 radical (unpaired) electrons. The summed E-state index contributed by atoms with van der Waals surface area (Å²) in [5.41, 5.74) is 0.876. The van der Waals surface area contributed by atoms with Gasteiger partial charge >= 0.3 is 0 Å². The average molecular weight is 647 g/mol. The lowest BCUT2D eigenvalue weighted by Gasteiger charge is -2.32. The number of carbonyl (C=O) groups is 2. The number of halogens is 2. The van der Waals surface area contributed by atoms with Crippen LogP contribution >= 0.6 is 15.9 Å². The summed E-state index contributed by atoms with van der Waals surface area (Å²) in [7, 11) is -2.80. The minimum atomic E-state index is -4.26. The molecule has 1 N–H and O–H groups in total. The zero-order valence-corrected chi connectivity index (χ0v) is 25.3. The Labute approximate surface area is 248 Å². The molecule has 1 aliphatic carbocycles. The number of hydrogen-bond donors (Lipinski definition) is 1. The van der Waals surface area contributed by atoms with Gasteiger partial charge < -0.3 is 15.0 Å². The van der Waals surface area contributed by atoms with Crippen molar-refractivity contribution in [1.82, 2.24) is 10.2 Å². The highest BCUT2D eigenvalue weighted by Crippen LogP contribution is 2.27. The van der Waals surface area contributed by atoms with Crippen LogP contribution in [0, 0.1) is 5.82 Å². The van der Waals surface area contributed by atoms with E-state index in [0.29, 0.717) is 5.75 Å². The highest BCUT2D eigenvalue weighted by atomic mass is 79.9. The molecule has 0 aromatic heterocycles. The van der Waals surface area contributed by atoms with E-state index >= 15 is 0 Å². The first-order valence-electron chi connectivity index (χ1n) is 13.3. The molecule has 1 aliphatic rings. The van der Waals surface area contributed by atoms with Crippen LogP contribution in [0.4, 0.5) is 10.1 Å². The Bertz CT molecular complexity index is 1460. The fourth-order valence-corrected chi connectivity index (χ4v) is 6.68. The van der Waals surface area contributed by atoms with Crippen molar-refractivity contribution in [3.63, 3.8) is 0 Å². The molecule has 3 aromatic rings. The van der Waals surface area contributed by atoms with Crippen LogP contribution in [0.5, 0.6) is 5.75 Å². The first kappa shape index (κ1) is 30.5. The SMILES string of the molecule is COc1ccc(S(=O)(=O)N(CC(=O)N(Cc2cccc(Br)c2)[C@@H](C)C(=O)NC2CCCC2)c2ccc(F)cc2)cc1. The fourth-order valence-electron chi connectivity index (χ4n) is 4.82. The summed E-state index contributed by atoms with van der Waals surface area (Å²) in [6.45, 7) is 1.12. The monoisotopic (exact) mass is 645 g/mol. The Hall–Kier alpha value is -3.44. The van der Waals surface area contributed by atoms with Gasteiger partial charge in [-0.15, -0.1) is 0 Å². The molecular formula is C30H33BrFN3O5S. The van der Waals surface area contributed by atoms with Crippen LogP contribution in [0.2, 0.25) is 0 Å².